The first-order valence-corrected chi connectivity index (χ1v) is 7.93. The number of ether oxygens (including phenoxy) is 3. The minimum Gasteiger partial charge on any atom is -0.382 e. The largest absolute Gasteiger partial charge is 0.382 e. The molecule has 0 spiro atoms. The summed E-state index contributed by atoms with van der Waals surface area (Å²) >= 11 is 0. The lowest BCUT2D eigenvalue weighted by molar-refractivity contribution is 0.0115. The van der Waals surface area contributed by atoms with Crippen LogP contribution in [-0.4, -0.2) is 76.8 Å². The third-order valence-electron chi connectivity index (χ3n) is 4.15. The van der Waals surface area contributed by atoms with Gasteiger partial charge in [0.05, 0.1) is 33.0 Å². The van der Waals surface area contributed by atoms with Crippen molar-refractivity contribution in [2.75, 3.05) is 59.8 Å². The number of hydrogen-bond donors (Lipinski definition) is 1. The van der Waals surface area contributed by atoms with Crippen LogP contribution in [0.4, 0.5) is 0 Å². The summed E-state index contributed by atoms with van der Waals surface area (Å²) in [5, 5.41) is 3.60. The maximum atomic E-state index is 5.67. The average Bonchev–Trinajstić information content (AvgIpc) is 3.26. The fourth-order valence-electron chi connectivity index (χ4n) is 2.85. The number of nitrogens with zero attached hydrogens (tertiary/aromatic N) is 1. The standard InChI is InChI=1S/C15H30N2O3/c1-13-12-17(15(11-16-13)14-3-4-14)5-6-19-9-10-20-8-7-18-2/h13-16H,3-12H2,1-2H3. The molecular formula is C15H30N2O3. The van der Waals surface area contributed by atoms with Crippen LogP contribution in [-0.2, 0) is 14.2 Å². The molecule has 20 heavy (non-hydrogen) atoms. The van der Waals surface area contributed by atoms with E-state index in [1.54, 1.807) is 7.11 Å². The maximum absolute atomic E-state index is 5.67. The molecule has 1 aliphatic carbocycles. The van der Waals surface area contributed by atoms with E-state index >= 15 is 0 Å². The highest BCUT2D eigenvalue weighted by Crippen LogP contribution is 2.36. The fourth-order valence-corrected chi connectivity index (χ4v) is 2.85. The van der Waals surface area contributed by atoms with Gasteiger partial charge in [-0.1, -0.05) is 0 Å². The summed E-state index contributed by atoms with van der Waals surface area (Å²) in [6, 6.07) is 1.33. The smallest absolute Gasteiger partial charge is 0.0701 e. The van der Waals surface area contributed by atoms with E-state index in [1.807, 2.05) is 0 Å². The molecule has 2 unspecified atom stereocenters. The van der Waals surface area contributed by atoms with E-state index < -0.39 is 0 Å². The van der Waals surface area contributed by atoms with Gasteiger partial charge in [0.2, 0.25) is 0 Å². The average molecular weight is 286 g/mol. The SMILES string of the molecule is COCCOCCOCCN1CC(C)NCC1C1CC1. The minimum absolute atomic E-state index is 0.599. The Labute approximate surface area is 122 Å². The highest BCUT2D eigenvalue weighted by atomic mass is 16.5. The van der Waals surface area contributed by atoms with Crippen LogP contribution in [0.25, 0.3) is 0 Å². The lowest BCUT2D eigenvalue weighted by Gasteiger charge is -2.39. The van der Waals surface area contributed by atoms with Gasteiger partial charge in [-0.15, -0.1) is 0 Å². The van der Waals surface area contributed by atoms with Crippen LogP contribution < -0.4 is 5.32 Å². The zero-order valence-corrected chi connectivity index (χ0v) is 13.0. The fraction of sp³-hybridized carbons (Fsp3) is 1.00. The van der Waals surface area contributed by atoms with Crippen molar-refractivity contribution in [3.05, 3.63) is 0 Å². The Hall–Kier alpha value is -0.200. The first-order chi connectivity index (χ1) is 9.81. The van der Waals surface area contributed by atoms with Gasteiger partial charge in [0.1, 0.15) is 0 Å². The molecule has 5 nitrogen and oxygen atoms in total. The Morgan fingerprint density at radius 1 is 1.05 bits per heavy atom. The third-order valence-corrected chi connectivity index (χ3v) is 4.15. The predicted octanol–water partition coefficient (Wildman–Crippen LogP) is 0.738. The monoisotopic (exact) mass is 286 g/mol. The zero-order valence-electron chi connectivity index (χ0n) is 13.0. The molecule has 2 aliphatic rings. The molecule has 118 valence electrons. The van der Waals surface area contributed by atoms with E-state index in [-0.39, 0.29) is 0 Å². The number of nitrogens with one attached hydrogen (secondary N) is 1. The molecular weight excluding hydrogens is 256 g/mol. The van der Waals surface area contributed by atoms with Crippen molar-refractivity contribution < 1.29 is 14.2 Å². The van der Waals surface area contributed by atoms with Gasteiger partial charge < -0.3 is 19.5 Å². The highest BCUT2D eigenvalue weighted by Gasteiger charge is 2.37. The Kier molecular flexibility index (Phi) is 7.24. The van der Waals surface area contributed by atoms with E-state index in [4.69, 9.17) is 14.2 Å². The second kappa shape index (κ2) is 8.95. The van der Waals surface area contributed by atoms with E-state index in [0.717, 1.165) is 38.2 Å². The first-order valence-electron chi connectivity index (χ1n) is 7.93. The quantitative estimate of drug-likeness (QED) is 0.600. The molecule has 0 aromatic heterocycles. The predicted molar refractivity (Wildman–Crippen MR) is 79.1 cm³/mol. The number of methoxy groups -OCH3 is 1. The number of rotatable bonds is 10. The van der Waals surface area contributed by atoms with Crippen molar-refractivity contribution in [1.29, 1.82) is 0 Å². The van der Waals surface area contributed by atoms with Gasteiger partial charge in [-0.2, -0.15) is 0 Å². The first kappa shape index (κ1) is 16.2. The molecule has 1 aliphatic heterocycles. The van der Waals surface area contributed by atoms with Crippen LogP contribution in [0.2, 0.25) is 0 Å². The lowest BCUT2D eigenvalue weighted by atomic mass is 10.1. The second-order valence-corrected chi connectivity index (χ2v) is 5.93. The van der Waals surface area contributed by atoms with Crippen molar-refractivity contribution in [2.45, 2.75) is 31.8 Å². The van der Waals surface area contributed by atoms with Crippen molar-refractivity contribution in [2.24, 2.45) is 5.92 Å². The molecule has 1 heterocycles. The summed E-state index contributed by atoms with van der Waals surface area (Å²) in [4.78, 5) is 2.62. The molecule has 1 saturated heterocycles. The van der Waals surface area contributed by atoms with Gasteiger partial charge in [-0.3, -0.25) is 4.90 Å². The Morgan fingerprint density at radius 3 is 2.45 bits per heavy atom. The van der Waals surface area contributed by atoms with Crippen LogP contribution in [0.5, 0.6) is 0 Å². The molecule has 0 aromatic carbocycles. The summed E-state index contributed by atoms with van der Waals surface area (Å²) in [6.45, 7) is 9.06. The van der Waals surface area contributed by atoms with E-state index in [2.05, 4.69) is 17.1 Å². The zero-order chi connectivity index (χ0) is 14.2. The van der Waals surface area contributed by atoms with Gasteiger partial charge in [0, 0.05) is 38.8 Å². The highest BCUT2D eigenvalue weighted by molar-refractivity contribution is 4.94. The van der Waals surface area contributed by atoms with Crippen LogP contribution in [0.15, 0.2) is 0 Å². The van der Waals surface area contributed by atoms with E-state index in [1.165, 1.54) is 12.8 Å². The van der Waals surface area contributed by atoms with Gasteiger partial charge in [-0.25, -0.2) is 0 Å². The number of hydrogen-bond acceptors (Lipinski definition) is 5. The summed E-state index contributed by atoms with van der Waals surface area (Å²) in [5.41, 5.74) is 0. The van der Waals surface area contributed by atoms with Crippen LogP contribution in [0, 0.1) is 5.92 Å². The van der Waals surface area contributed by atoms with Crippen LogP contribution in [0.3, 0.4) is 0 Å². The molecule has 0 bridgehead atoms. The normalized spacial score (nSPS) is 27.9. The van der Waals surface area contributed by atoms with Crippen molar-refractivity contribution >= 4 is 0 Å². The molecule has 0 radical (unpaired) electrons. The van der Waals surface area contributed by atoms with Gasteiger partial charge in [-0.05, 0) is 25.7 Å². The molecule has 5 heteroatoms. The van der Waals surface area contributed by atoms with E-state index in [9.17, 15) is 0 Å². The van der Waals surface area contributed by atoms with Gasteiger partial charge in [0.15, 0.2) is 0 Å². The molecule has 0 amide bonds. The summed E-state index contributed by atoms with van der Waals surface area (Å²) in [5.74, 6) is 0.923. The molecule has 2 fully saturated rings. The molecule has 1 N–H and O–H groups in total. The number of piperazine rings is 1. The lowest BCUT2D eigenvalue weighted by Crippen LogP contribution is -2.57. The molecule has 1 saturated carbocycles. The summed E-state index contributed by atoms with van der Waals surface area (Å²) in [7, 11) is 1.69. The van der Waals surface area contributed by atoms with Gasteiger partial charge in [0.25, 0.3) is 0 Å². The Morgan fingerprint density at radius 2 is 1.75 bits per heavy atom. The topological polar surface area (TPSA) is 43.0 Å². The van der Waals surface area contributed by atoms with Crippen LogP contribution in [0.1, 0.15) is 19.8 Å². The van der Waals surface area contributed by atoms with Crippen molar-refractivity contribution in [1.82, 2.24) is 10.2 Å². The summed E-state index contributed by atoms with van der Waals surface area (Å²) < 4.78 is 16.0. The second-order valence-electron chi connectivity index (χ2n) is 5.93. The Bertz CT molecular complexity index is 262. The van der Waals surface area contributed by atoms with Gasteiger partial charge >= 0.3 is 0 Å². The molecule has 2 atom stereocenters. The van der Waals surface area contributed by atoms with Crippen molar-refractivity contribution in [3.63, 3.8) is 0 Å². The maximum Gasteiger partial charge on any atom is 0.0701 e. The van der Waals surface area contributed by atoms with E-state index in [0.29, 0.717) is 32.5 Å². The molecule has 0 aromatic rings. The van der Waals surface area contributed by atoms with Crippen LogP contribution >= 0.6 is 0 Å². The molecule has 2 rings (SSSR count). The van der Waals surface area contributed by atoms with Crippen molar-refractivity contribution in [3.8, 4) is 0 Å². The third kappa shape index (κ3) is 5.66. The summed E-state index contributed by atoms with van der Waals surface area (Å²) in [6.07, 6.45) is 2.82. The Balaban J connectivity index is 1.52. The minimum atomic E-state index is 0.599.